The summed E-state index contributed by atoms with van der Waals surface area (Å²) in [6, 6.07) is 8.67. The van der Waals surface area contributed by atoms with Crippen LogP contribution in [0.5, 0.6) is 0 Å². The third-order valence-corrected chi connectivity index (χ3v) is 2.92. The molecule has 4 nitrogen and oxygen atoms in total. The maximum Gasteiger partial charge on any atom is 0.253 e. The second-order valence-corrected chi connectivity index (χ2v) is 4.54. The molecule has 0 radical (unpaired) electrons. The third kappa shape index (κ3) is 3.69. The number of carbonyl (C=O) groups is 1. The van der Waals surface area contributed by atoms with Crippen molar-refractivity contribution in [1.29, 1.82) is 0 Å². The Bertz CT molecular complexity index is 572. The molecule has 2 rings (SSSR count). The molecule has 1 aromatic heterocycles. The topological polar surface area (TPSA) is 68.0 Å². The highest BCUT2D eigenvalue weighted by Gasteiger charge is 2.09. The van der Waals surface area contributed by atoms with Crippen molar-refractivity contribution in [3.05, 3.63) is 58.9 Å². The van der Waals surface area contributed by atoms with Crippen molar-refractivity contribution in [3.8, 4) is 0 Å². The minimum absolute atomic E-state index is 0.196. The molecule has 3 N–H and O–H groups in total. The number of aromatic nitrogens is 1. The summed E-state index contributed by atoms with van der Waals surface area (Å²) in [4.78, 5) is 15.9. The first-order valence-corrected chi connectivity index (χ1v) is 6.27. The lowest BCUT2D eigenvalue weighted by Gasteiger charge is -2.07. The maximum absolute atomic E-state index is 11.9. The zero-order chi connectivity index (χ0) is 13.7. The molecule has 1 aromatic carbocycles. The standard InChI is InChI=1S/C14H14ClN3O/c15-11-3-4-12(13(16)8-11)14(19)18-7-5-10-2-1-6-17-9-10/h1-4,6,8-9H,5,7,16H2,(H,18,19). The van der Waals surface area contributed by atoms with E-state index in [1.54, 1.807) is 30.6 Å². The lowest BCUT2D eigenvalue weighted by molar-refractivity contribution is 0.0955. The second-order valence-electron chi connectivity index (χ2n) is 4.10. The summed E-state index contributed by atoms with van der Waals surface area (Å²) in [5.74, 6) is -0.196. The maximum atomic E-state index is 11.9. The number of nitrogens with zero attached hydrogens (tertiary/aromatic N) is 1. The molecule has 0 saturated heterocycles. The molecule has 0 saturated carbocycles. The van der Waals surface area contributed by atoms with Crippen LogP contribution in [0.25, 0.3) is 0 Å². The van der Waals surface area contributed by atoms with Gasteiger partial charge in [-0.25, -0.2) is 0 Å². The van der Waals surface area contributed by atoms with E-state index in [2.05, 4.69) is 10.3 Å². The summed E-state index contributed by atoms with van der Waals surface area (Å²) in [6.45, 7) is 0.534. The van der Waals surface area contributed by atoms with Crippen molar-refractivity contribution >= 4 is 23.2 Å². The van der Waals surface area contributed by atoms with E-state index in [0.717, 1.165) is 12.0 Å². The Morgan fingerprint density at radius 2 is 2.21 bits per heavy atom. The van der Waals surface area contributed by atoms with E-state index in [1.165, 1.54) is 0 Å². The monoisotopic (exact) mass is 275 g/mol. The van der Waals surface area contributed by atoms with Crippen molar-refractivity contribution in [2.45, 2.75) is 6.42 Å². The van der Waals surface area contributed by atoms with E-state index in [-0.39, 0.29) is 5.91 Å². The highest BCUT2D eigenvalue weighted by atomic mass is 35.5. The van der Waals surface area contributed by atoms with E-state index in [1.807, 2.05) is 12.1 Å². The number of benzene rings is 1. The Morgan fingerprint density at radius 1 is 1.37 bits per heavy atom. The molecule has 2 aromatic rings. The van der Waals surface area contributed by atoms with Crippen molar-refractivity contribution < 1.29 is 4.79 Å². The fourth-order valence-electron chi connectivity index (χ4n) is 1.70. The van der Waals surface area contributed by atoms with Crippen LogP contribution in [0.3, 0.4) is 0 Å². The fraction of sp³-hybridized carbons (Fsp3) is 0.143. The Labute approximate surface area is 116 Å². The zero-order valence-electron chi connectivity index (χ0n) is 10.3. The van der Waals surface area contributed by atoms with Gasteiger partial charge in [-0.2, -0.15) is 0 Å². The van der Waals surface area contributed by atoms with Crippen LogP contribution >= 0.6 is 11.6 Å². The van der Waals surface area contributed by atoms with Gasteiger partial charge < -0.3 is 11.1 Å². The van der Waals surface area contributed by atoms with Crippen LogP contribution in [0.4, 0.5) is 5.69 Å². The molecule has 0 bridgehead atoms. The highest BCUT2D eigenvalue weighted by molar-refractivity contribution is 6.31. The number of hydrogen-bond acceptors (Lipinski definition) is 3. The first kappa shape index (κ1) is 13.4. The van der Waals surface area contributed by atoms with Gasteiger partial charge in [0.15, 0.2) is 0 Å². The Balaban J connectivity index is 1.91. The molecule has 0 aliphatic carbocycles. The molecule has 0 aliphatic rings. The van der Waals surface area contributed by atoms with Gasteiger partial charge in [-0.05, 0) is 36.2 Å². The molecule has 98 valence electrons. The number of nitrogens with two attached hydrogens (primary N) is 1. The number of carbonyl (C=O) groups excluding carboxylic acids is 1. The summed E-state index contributed by atoms with van der Waals surface area (Å²) in [6.07, 6.45) is 4.23. The Morgan fingerprint density at radius 3 is 2.89 bits per heavy atom. The zero-order valence-corrected chi connectivity index (χ0v) is 11.0. The van der Waals surface area contributed by atoms with E-state index >= 15 is 0 Å². The van der Waals surface area contributed by atoms with Crippen LogP contribution in [-0.2, 0) is 6.42 Å². The lowest BCUT2D eigenvalue weighted by atomic mass is 10.1. The summed E-state index contributed by atoms with van der Waals surface area (Å²) < 4.78 is 0. The van der Waals surface area contributed by atoms with Gasteiger partial charge in [-0.3, -0.25) is 9.78 Å². The molecule has 1 heterocycles. The van der Waals surface area contributed by atoms with Crippen LogP contribution < -0.4 is 11.1 Å². The van der Waals surface area contributed by atoms with Crippen molar-refractivity contribution in [3.63, 3.8) is 0 Å². The van der Waals surface area contributed by atoms with Crippen LogP contribution in [-0.4, -0.2) is 17.4 Å². The van der Waals surface area contributed by atoms with Gasteiger partial charge >= 0.3 is 0 Å². The SMILES string of the molecule is Nc1cc(Cl)ccc1C(=O)NCCc1cccnc1. The first-order valence-electron chi connectivity index (χ1n) is 5.89. The first-order chi connectivity index (χ1) is 9.16. The molecule has 5 heteroatoms. The summed E-state index contributed by atoms with van der Waals surface area (Å²) >= 11 is 5.79. The van der Waals surface area contributed by atoms with E-state index in [4.69, 9.17) is 17.3 Å². The smallest absolute Gasteiger partial charge is 0.253 e. The van der Waals surface area contributed by atoms with E-state index in [9.17, 15) is 4.79 Å². The molecule has 0 aliphatic heterocycles. The highest BCUT2D eigenvalue weighted by Crippen LogP contribution is 2.17. The van der Waals surface area contributed by atoms with Gasteiger partial charge in [0, 0.05) is 29.6 Å². The number of rotatable bonds is 4. The van der Waals surface area contributed by atoms with Crippen LogP contribution in [0.1, 0.15) is 15.9 Å². The van der Waals surface area contributed by atoms with Crippen molar-refractivity contribution in [1.82, 2.24) is 10.3 Å². The summed E-state index contributed by atoms with van der Waals surface area (Å²) in [5, 5.41) is 3.34. The minimum Gasteiger partial charge on any atom is -0.398 e. The van der Waals surface area contributed by atoms with Gasteiger partial charge in [0.25, 0.3) is 5.91 Å². The summed E-state index contributed by atoms with van der Waals surface area (Å²) in [7, 11) is 0. The fourth-order valence-corrected chi connectivity index (χ4v) is 1.88. The molecule has 0 fully saturated rings. The lowest BCUT2D eigenvalue weighted by Crippen LogP contribution is -2.26. The van der Waals surface area contributed by atoms with E-state index < -0.39 is 0 Å². The number of halogens is 1. The number of anilines is 1. The molecule has 0 atom stereocenters. The average Bonchev–Trinajstić information content (AvgIpc) is 2.39. The van der Waals surface area contributed by atoms with Crippen LogP contribution in [0.15, 0.2) is 42.7 Å². The van der Waals surface area contributed by atoms with Crippen LogP contribution in [0.2, 0.25) is 5.02 Å². The van der Waals surface area contributed by atoms with Gasteiger partial charge in [-0.1, -0.05) is 17.7 Å². The predicted molar refractivity (Wildman–Crippen MR) is 76.1 cm³/mol. The molecule has 0 spiro atoms. The third-order valence-electron chi connectivity index (χ3n) is 2.68. The van der Waals surface area contributed by atoms with Gasteiger partial charge in [0.1, 0.15) is 0 Å². The number of pyridine rings is 1. The Hall–Kier alpha value is -2.07. The largest absolute Gasteiger partial charge is 0.398 e. The van der Waals surface area contributed by atoms with Crippen LogP contribution in [0, 0.1) is 0 Å². The number of hydrogen-bond donors (Lipinski definition) is 2. The van der Waals surface area contributed by atoms with Crippen molar-refractivity contribution in [2.24, 2.45) is 0 Å². The van der Waals surface area contributed by atoms with Gasteiger partial charge in [-0.15, -0.1) is 0 Å². The minimum atomic E-state index is -0.196. The Kier molecular flexibility index (Phi) is 4.36. The predicted octanol–water partition coefficient (Wildman–Crippen LogP) is 2.29. The van der Waals surface area contributed by atoms with Gasteiger partial charge in [0.2, 0.25) is 0 Å². The number of nitrogen functional groups attached to an aromatic ring is 1. The molecular formula is C14H14ClN3O. The van der Waals surface area contributed by atoms with Gasteiger partial charge in [0.05, 0.1) is 5.56 Å². The molecule has 1 amide bonds. The van der Waals surface area contributed by atoms with E-state index in [0.29, 0.717) is 22.8 Å². The summed E-state index contributed by atoms with van der Waals surface area (Å²) in [5.41, 5.74) is 7.65. The number of nitrogens with one attached hydrogen (secondary N) is 1. The van der Waals surface area contributed by atoms with Crippen molar-refractivity contribution in [2.75, 3.05) is 12.3 Å². The molecular weight excluding hydrogens is 262 g/mol. The quantitative estimate of drug-likeness (QED) is 0.841. The molecule has 0 unspecified atom stereocenters. The number of amides is 1. The second kappa shape index (κ2) is 6.20. The normalized spacial score (nSPS) is 10.2. The average molecular weight is 276 g/mol. The molecule has 19 heavy (non-hydrogen) atoms.